The first-order valence-corrected chi connectivity index (χ1v) is 4.44. The Hall–Kier alpha value is -0.650. The van der Waals surface area contributed by atoms with Crippen LogP contribution in [0.2, 0.25) is 0 Å². The van der Waals surface area contributed by atoms with Crippen molar-refractivity contribution in [3.63, 3.8) is 0 Å². The van der Waals surface area contributed by atoms with Gasteiger partial charge in [-0.1, -0.05) is 0 Å². The first kappa shape index (κ1) is 12.3. The third-order valence-electron chi connectivity index (χ3n) is 1.61. The monoisotopic (exact) mass is 190 g/mol. The normalized spacial score (nSPS) is 12.8. The van der Waals surface area contributed by atoms with Gasteiger partial charge in [0.05, 0.1) is 0 Å². The van der Waals surface area contributed by atoms with Crippen LogP contribution in [0.1, 0.15) is 19.3 Å². The second-order valence-electron chi connectivity index (χ2n) is 2.84. The van der Waals surface area contributed by atoms with Gasteiger partial charge in [0.25, 0.3) is 0 Å². The predicted molar refractivity (Wildman–Crippen MR) is 49.3 cm³/mol. The first-order valence-electron chi connectivity index (χ1n) is 4.44. The molecular weight excluding hydrogens is 172 g/mol. The Morgan fingerprint density at radius 3 is 2.54 bits per heavy atom. The fraction of sp³-hybridized carbons (Fsp3) is 0.875. The van der Waals surface area contributed by atoms with Crippen molar-refractivity contribution in [2.24, 2.45) is 11.5 Å². The van der Waals surface area contributed by atoms with E-state index in [4.69, 9.17) is 21.3 Å². The second kappa shape index (κ2) is 7.97. The highest BCUT2D eigenvalue weighted by atomic mass is 16.5. The van der Waals surface area contributed by atoms with Crippen LogP contribution in [-0.4, -0.2) is 36.9 Å². The van der Waals surface area contributed by atoms with Gasteiger partial charge in [-0.2, -0.15) is 0 Å². The van der Waals surface area contributed by atoms with Crippen molar-refractivity contribution in [1.29, 1.82) is 0 Å². The minimum Gasteiger partial charge on any atom is -0.480 e. The highest BCUT2D eigenvalue weighted by Crippen LogP contribution is 1.95. The van der Waals surface area contributed by atoms with Crippen molar-refractivity contribution < 1.29 is 14.6 Å². The van der Waals surface area contributed by atoms with E-state index in [9.17, 15) is 4.79 Å². The Bertz CT molecular complexity index is 141. The number of hydrogen-bond acceptors (Lipinski definition) is 4. The Morgan fingerprint density at radius 2 is 2.00 bits per heavy atom. The van der Waals surface area contributed by atoms with E-state index in [-0.39, 0.29) is 0 Å². The number of ether oxygens (including phenoxy) is 1. The van der Waals surface area contributed by atoms with Crippen molar-refractivity contribution in [3.8, 4) is 0 Å². The van der Waals surface area contributed by atoms with Crippen LogP contribution in [0.3, 0.4) is 0 Å². The molecule has 0 radical (unpaired) electrons. The maximum atomic E-state index is 10.3. The van der Waals surface area contributed by atoms with Gasteiger partial charge < -0.3 is 21.3 Å². The summed E-state index contributed by atoms with van der Waals surface area (Å²) in [5.41, 5.74) is 10.5. The van der Waals surface area contributed by atoms with Crippen LogP contribution in [0.25, 0.3) is 0 Å². The van der Waals surface area contributed by atoms with Crippen LogP contribution in [0.5, 0.6) is 0 Å². The summed E-state index contributed by atoms with van der Waals surface area (Å²) in [6.45, 7) is 1.81. The minimum absolute atomic E-state index is 0.456. The molecule has 5 heteroatoms. The molecule has 0 saturated carbocycles. The molecular formula is C8H18N2O3. The van der Waals surface area contributed by atoms with Gasteiger partial charge in [0.2, 0.25) is 0 Å². The molecule has 0 aliphatic rings. The van der Waals surface area contributed by atoms with E-state index in [1.165, 1.54) is 0 Å². The topological polar surface area (TPSA) is 98.6 Å². The molecule has 1 atom stereocenters. The molecule has 0 saturated heterocycles. The molecule has 0 aromatic heterocycles. The second-order valence-corrected chi connectivity index (χ2v) is 2.84. The van der Waals surface area contributed by atoms with Crippen LogP contribution >= 0.6 is 0 Å². The number of carbonyl (C=O) groups is 1. The van der Waals surface area contributed by atoms with Crippen LogP contribution in [0.4, 0.5) is 0 Å². The summed E-state index contributed by atoms with van der Waals surface area (Å²) in [5.74, 6) is -0.957. The lowest BCUT2D eigenvalue weighted by Crippen LogP contribution is -2.30. The molecule has 0 spiro atoms. The van der Waals surface area contributed by atoms with Gasteiger partial charge >= 0.3 is 5.97 Å². The standard InChI is InChI=1S/C8H18N2O3/c9-4-2-6-13-5-1-3-7(10)8(11)12/h7H,1-6,9-10H2,(H,11,12)/t7-/m0/s1. The summed E-state index contributed by atoms with van der Waals surface area (Å²) < 4.78 is 5.18. The third kappa shape index (κ3) is 7.70. The average molecular weight is 190 g/mol. The summed E-state index contributed by atoms with van der Waals surface area (Å²) in [4.78, 5) is 10.3. The highest BCUT2D eigenvalue weighted by Gasteiger charge is 2.09. The van der Waals surface area contributed by atoms with E-state index in [0.717, 1.165) is 6.42 Å². The maximum absolute atomic E-state index is 10.3. The number of rotatable bonds is 8. The Balaban J connectivity index is 3.11. The number of aliphatic carboxylic acids is 1. The van der Waals surface area contributed by atoms with Crippen molar-refractivity contribution in [2.75, 3.05) is 19.8 Å². The summed E-state index contributed by atoms with van der Waals surface area (Å²) in [7, 11) is 0. The molecule has 0 amide bonds. The zero-order valence-corrected chi connectivity index (χ0v) is 7.74. The molecule has 0 heterocycles. The lowest BCUT2D eigenvalue weighted by molar-refractivity contribution is -0.138. The Kier molecular flexibility index (Phi) is 7.57. The largest absolute Gasteiger partial charge is 0.480 e. The quantitative estimate of drug-likeness (QED) is 0.450. The van der Waals surface area contributed by atoms with Gasteiger partial charge in [-0.15, -0.1) is 0 Å². The maximum Gasteiger partial charge on any atom is 0.320 e. The minimum atomic E-state index is -0.957. The zero-order chi connectivity index (χ0) is 10.1. The zero-order valence-electron chi connectivity index (χ0n) is 7.74. The summed E-state index contributed by atoms with van der Waals surface area (Å²) in [6, 6.07) is -0.766. The Labute approximate surface area is 78.0 Å². The van der Waals surface area contributed by atoms with E-state index >= 15 is 0 Å². The van der Waals surface area contributed by atoms with Crippen molar-refractivity contribution in [1.82, 2.24) is 0 Å². The van der Waals surface area contributed by atoms with Crippen LogP contribution in [0, 0.1) is 0 Å². The predicted octanol–water partition coefficient (Wildman–Crippen LogP) is -0.456. The third-order valence-corrected chi connectivity index (χ3v) is 1.61. The summed E-state index contributed by atoms with van der Waals surface area (Å²) >= 11 is 0. The highest BCUT2D eigenvalue weighted by molar-refractivity contribution is 5.72. The SMILES string of the molecule is NCCCOCCC[C@H](N)C(=O)O. The molecule has 5 nitrogen and oxygen atoms in total. The lowest BCUT2D eigenvalue weighted by Gasteiger charge is -2.06. The molecule has 0 fully saturated rings. The van der Waals surface area contributed by atoms with Crippen LogP contribution in [0.15, 0.2) is 0 Å². The van der Waals surface area contributed by atoms with E-state index in [2.05, 4.69) is 0 Å². The number of nitrogens with two attached hydrogens (primary N) is 2. The molecule has 5 N–H and O–H groups in total. The van der Waals surface area contributed by atoms with E-state index in [1.54, 1.807) is 0 Å². The van der Waals surface area contributed by atoms with Gasteiger partial charge in [0.15, 0.2) is 0 Å². The fourth-order valence-corrected chi connectivity index (χ4v) is 0.816. The molecule has 0 unspecified atom stereocenters. The van der Waals surface area contributed by atoms with Gasteiger partial charge in [-0.05, 0) is 25.8 Å². The van der Waals surface area contributed by atoms with Gasteiger partial charge in [-0.25, -0.2) is 0 Å². The molecule has 0 aliphatic carbocycles. The number of hydrogen-bond donors (Lipinski definition) is 3. The fourth-order valence-electron chi connectivity index (χ4n) is 0.816. The van der Waals surface area contributed by atoms with E-state index in [0.29, 0.717) is 32.6 Å². The van der Waals surface area contributed by atoms with Gasteiger partial charge in [0.1, 0.15) is 6.04 Å². The first-order chi connectivity index (χ1) is 6.18. The molecule has 0 aromatic carbocycles. The van der Waals surface area contributed by atoms with E-state index in [1.807, 2.05) is 0 Å². The van der Waals surface area contributed by atoms with Crippen molar-refractivity contribution >= 4 is 5.97 Å². The average Bonchev–Trinajstić information content (AvgIpc) is 2.10. The molecule has 0 rings (SSSR count). The van der Waals surface area contributed by atoms with Gasteiger partial charge in [0, 0.05) is 13.2 Å². The Morgan fingerprint density at radius 1 is 1.38 bits per heavy atom. The van der Waals surface area contributed by atoms with Crippen LogP contribution < -0.4 is 11.5 Å². The number of carboxylic acids is 1. The van der Waals surface area contributed by atoms with Crippen LogP contribution in [-0.2, 0) is 9.53 Å². The summed E-state index contributed by atoms with van der Waals surface area (Å²) in [5, 5.41) is 8.44. The summed E-state index contributed by atoms with van der Waals surface area (Å²) in [6.07, 6.45) is 1.97. The smallest absolute Gasteiger partial charge is 0.320 e. The molecule has 78 valence electrons. The molecule has 0 aliphatic heterocycles. The number of carboxylic acid groups (broad SMARTS) is 1. The van der Waals surface area contributed by atoms with Crippen molar-refractivity contribution in [2.45, 2.75) is 25.3 Å². The molecule has 0 aromatic rings. The molecule has 13 heavy (non-hydrogen) atoms. The van der Waals surface area contributed by atoms with E-state index < -0.39 is 12.0 Å². The van der Waals surface area contributed by atoms with Crippen molar-refractivity contribution in [3.05, 3.63) is 0 Å². The van der Waals surface area contributed by atoms with Gasteiger partial charge in [-0.3, -0.25) is 4.79 Å². The lowest BCUT2D eigenvalue weighted by atomic mass is 10.2. The molecule has 0 bridgehead atoms.